The molecule has 0 aliphatic carbocycles. The predicted octanol–water partition coefficient (Wildman–Crippen LogP) is -1.56. The smallest absolute Gasteiger partial charge is 0.319 e. The molecular weight excluding hydrogens is 234 g/mol. The van der Waals surface area contributed by atoms with E-state index in [0.717, 1.165) is 0 Å². The molecule has 0 unspecified atom stereocenters. The van der Waals surface area contributed by atoms with Crippen LogP contribution in [0, 0.1) is 0 Å². The van der Waals surface area contributed by atoms with Crippen molar-refractivity contribution in [2.24, 2.45) is 0 Å². The zero-order chi connectivity index (χ0) is 11.2. The first-order chi connectivity index (χ1) is 6.27. The fourth-order valence-corrected chi connectivity index (χ4v) is 2.08. The Morgan fingerprint density at radius 3 is 2.21 bits per heavy atom. The molecule has 7 nitrogen and oxygen atoms in total. The molecule has 0 atom stereocenters. The van der Waals surface area contributed by atoms with Crippen LogP contribution in [-0.2, 0) is 24.4 Å². The fraction of sp³-hybridized carbons (Fsp3) is 1.00. The third-order valence-electron chi connectivity index (χ3n) is 1.29. The lowest BCUT2D eigenvalue weighted by molar-refractivity contribution is 0.284. The first kappa shape index (κ1) is 13.8. The molecule has 0 rings (SSSR count). The van der Waals surface area contributed by atoms with Crippen LogP contribution in [0.25, 0.3) is 0 Å². The van der Waals surface area contributed by atoms with Gasteiger partial charge in [-0.1, -0.05) is 0 Å². The van der Waals surface area contributed by atoms with Crippen molar-refractivity contribution in [1.29, 1.82) is 0 Å². The van der Waals surface area contributed by atoms with Crippen molar-refractivity contribution < 1.29 is 25.6 Å². The molecule has 0 spiro atoms. The van der Waals surface area contributed by atoms with Crippen molar-refractivity contribution in [2.45, 2.75) is 0 Å². The van der Waals surface area contributed by atoms with Gasteiger partial charge in [0.05, 0.1) is 18.1 Å². The highest BCUT2D eigenvalue weighted by Gasteiger charge is 2.12. The van der Waals surface area contributed by atoms with Gasteiger partial charge in [0.15, 0.2) is 9.84 Å². The SMILES string of the molecule is CNCCS(=O)(=O)CCOS(=O)(=O)O. The van der Waals surface area contributed by atoms with Crippen molar-refractivity contribution in [2.75, 3.05) is 31.7 Å². The van der Waals surface area contributed by atoms with Crippen molar-refractivity contribution in [3.63, 3.8) is 0 Å². The summed E-state index contributed by atoms with van der Waals surface area (Å²) in [5.41, 5.74) is 0. The minimum Gasteiger partial charge on any atom is -0.319 e. The molecule has 0 fully saturated rings. The largest absolute Gasteiger partial charge is 0.397 e. The molecule has 0 aliphatic heterocycles. The average molecular weight is 247 g/mol. The lowest BCUT2D eigenvalue weighted by atomic mass is 10.8. The maximum atomic E-state index is 11.1. The van der Waals surface area contributed by atoms with E-state index in [0.29, 0.717) is 0 Å². The van der Waals surface area contributed by atoms with E-state index >= 15 is 0 Å². The van der Waals surface area contributed by atoms with Crippen LogP contribution in [0.1, 0.15) is 0 Å². The van der Waals surface area contributed by atoms with Crippen LogP contribution < -0.4 is 5.32 Å². The predicted molar refractivity (Wildman–Crippen MR) is 50.1 cm³/mol. The minimum absolute atomic E-state index is 0.0989. The van der Waals surface area contributed by atoms with Gasteiger partial charge in [0.1, 0.15) is 0 Å². The zero-order valence-corrected chi connectivity index (χ0v) is 9.27. The summed E-state index contributed by atoms with van der Waals surface area (Å²) >= 11 is 0. The molecule has 0 amide bonds. The Morgan fingerprint density at radius 1 is 1.21 bits per heavy atom. The summed E-state index contributed by atoms with van der Waals surface area (Å²) in [6.45, 7) is -0.279. The summed E-state index contributed by atoms with van der Waals surface area (Å²) in [6.07, 6.45) is 0. The van der Waals surface area contributed by atoms with Crippen LogP contribution in [0.15, 0.2) is 0 Å². The Morgan fingerprint density at radius 2 is 1.79 bits per heavy atom. The Bertz CT molecular complexity index is 344. The van der Waals surface area contributed by atoms with Gasteiger partial charge in [0.2, 0.25) is 0 Å². The van der Waals surface area contributed by atoms with Gasteiger partial charge < -0.3 is 5.32 Å². The number of sulfone groups is 1. The molecule has 0 radical (unpaired) electrons. The van der Waals surface area contributed by atoms with Crippen molar-refractivity contribution in [3.8, 4) is 0 Å². The summed E-state index contributed by atoms with van der Waals surface area (Å²) in [4.78, 5) is 0. The highest BCUT2D eigenvalue weighted by atomic mass is 32.3. The number of nitrogens with one attached hydrogen (secondary N) is 1. The molecule has 0 heterocycles. The Labute approximate surface area is 83.3 Å². The molecule has 0 aromatic rings. The van der Waals surface area contributed by atoms with Gasteiger partial charge in [-0.2, -0.15) is 8.42 Å². The standard InChI is InChI=1S/C5H13NO6S2/c1-6-2-4-13(7,8)5-3-12-14(9,10)11/h6H,2-5H2,1H3,(H,9,10,11). The molecule has 86 valence electrons. The first-order valence-electron chi connectivity index (χ1n) is 3.74. The number of hydrogen-bond acceptors (Lipinski definition) is 6. The van der Waals surface area contributed by atoms with E-state index in [9.17, 15) is 16.8 Å². The third kappa shape index (κ3) is 8.38. The summed E-state index contributed by atoms with van der Waals surface area (Å²) in [5.74, 6) is -0.535. The number of rotatable bonds is 7. The maximum absolute atomic E-state index is 11.1. The van der Waals surface area contributed by atoms with Crippen LogP contribution in [-0.4, -0.2) is 53.1 Å². The molecule has 0 bridgehead atoms. The van der Waals surface area contributed by atoms with Crippen molar-refractivity contribution in [1.82, 2.24) is 5.32 Å². The van der Waals surface area contributed by atoms with E-state index in [1.165, 1.54) is 0 Å². The Kier molecular flexibility index (Phi) is 5.52. The van der Waals surface area contributed by atoms with Crippen LogP contribution in [0.2, 0.25) is 0 Å². The second-order valence-electron chi connectivity index (χ2n) is 2.51. The van der Waals surface area contributed by atoms with Gasteiger partial charge in [-0.15, -0.1) is 0 Å². The quantitative estimate of drug-likeness (QED) is 0.523. The normalized spacial score (nSPS) is 13.0. The van der Waals surface area contributed by atoms with E-state index in [1.54, 1.807) is 7.05 Å². The summed E-state index contributed by atoms with van der Waals surface area (Å²) in [7, 11) is -6.27. The van der Waals surface area contributed by atoms with Crippen molar-refractivity contribution >= 4 is 20.2 Å². The van der Waals surface area contributed by atoms with Crippen LogP contribution in [0.5, 0.6) is 0 Å². The third-order valence-corrected chi connectivity index (χ3v) is 3.37. The highest BCUT2D eigenvalue weighted by Crippen LogP contribution is 1.92. The average Bonchev–Trinajstić information content (AvgIpc) is 1.98. The van der Waals surface area contributed by atoms with Crippen molar-refractivity contribution in [3.05, 3.63) is 0 Å². The van der Waals surface area contributed by atoms with Gasteiger partial charge >= 0.3 is 10.4 Å². The molecule has 14 heavy (non-hydrogen) atoms. The number of hydrogen-bond donors (Lipinski definition) is 2. The monoisotopic (exact) mass is 247 g/mol. The van der Waals surface area contributed by atoms with Crippen LogP contribution in [0.4, 0.5) is 0 Å². The molecule has 0 saturated heterocycles. The summed E-state index contributed by atoms with van der Waals surface area (Å²) in [5, 5.41) is 2.64. The highest BCUT2D eigenvalue weighted by molar-refractivity contribution is 7.91. The van der Waals surface area contributed by atoms with E-state index in [4.69, 9.17) is 4.55 Å². The molecule has 0 aliphatic rings. The van der Waals surface area contributed by atoms with Gasteiger partial charge in [-0.25, -0.2) is 12.6 Å². The summed E-state index contributed by atoms with van der Waals surface area (Å²) in [6, 6.07) is 0. The molecule has 0 aromatic heterocycles. The van der Waals surface area contributed by atoms with Gasteiger partial charge in [-0.3, -0.25) is 4.55 Å². The van der Waals surface area contributed by atoms with E-state index in [2.05, 4.69) is 9.50 Å². The van der Waals surface area contributed by atoms with Crippen LogP contribution >= 0.6 is 0 Å². The Balaban J connectivity index is 3.89. The van der Waals surface area contributed by atoms with Gasteiger partial charge in [0, 0.05) is 6.54 Å². The fourth-order valence-electron chi connectivity index (χ4n) is 0.626. The van der Waals surface area contributed by atoms with Gasteiger partial charge in [-0.05, 0) is 7.05 Å². The molecule has 9 heteroatoms. The van der Waals surface area contributed by atoms with Crippen LogP contribution in [0.3, 0.4) is 0 Å². The lowest BCUT2D eigenvalue weighted by Gasteiger charge is -2.02. The first-order valence-corrected chi connectivity index (χ1v) is 6.92. The maximum Gasteiger partial charge on any atom is 0.397 e. The molecule has 0 saturated carbocycles. The van der Waals surface area contributed by atoms with E-state index in [1.807, 2.05) is 0 Å². The van der Waals surface area contributed by atoms with Gasteiger partial charge in [0.25, 0.3) is 0 Å². The lowest BCUT2D eigenvalue weighted by Crippen LogP contribution is -2.24. The second kappa shape index (κ2) is 5.61. The molecule has 2 N–H and O–H groups in total. The summed E-state index contributed by atoms with van der Waals surface area (Å²) < 4.78 is 54.3. The van der Waals surface area contributed by atoms with E-state index < -0.39 is 32.6 Å². The van der Waals surface area contributed by atoms with E-state index in [-0.39, 0.29) is 12.3 Å². The minimum atomic E-state index is -4.55. The Hall–Kier alpha value is -0.220. The zero-order valence-electron chi connectivity index (χ0n) is 7.63. The molecular formula is C5H13NO6S2. The second-order valence-corrected chi connectivity index (χ2v) is 5.90. The molecule has 0 aromatic carbocycles. The topological polar surface area (TPSA) is 110 Å².